The van der Waals surface area contributed by atoms with Gasteiger partial charge in [0.25, 0.3) is 0 Å². The van der Waals surface area contributed by atoms with Crippen LogP contribution in [0.15, 0.2) is 36.4 Å². The predicted molar refractivity (Wildman–Crippen MR) is 123 cm³/mol. The summed E-state index contributed by atoms with van der Waals surface area (Å²) in [5.41, 5.74) is 3.17. The second kappa shape index (κ2) is 10.0. The lowest BCUT2D eigenvalue weighted by Gasteiger charge is -2.30. The van der Waals surface area contributed by atoms with E-state index in [-0.39, 0.29) is 11.9 Å². The molecule has 1 amide bonds. The Morgan fingerprint density at radius 3 is 2.10 bits per heavy atom. The minimum Gasteiger partial charge on any atom is -0.493 e. The van der Waals surface area contributed by atoms with Gasteiger partial charge in [0, 0.05) is 0 Å². The number of benzene rings is 2. The summed E-state index contributed by atoms with van der Waals surface area (Å²) in [7, 11) is -0.573. The van der Waals surface area contributed by atoms with Crippen molar-refractivity contribution in [3.8, 4) is 11.5 Å². The third kappa shape index (κ3) is 5.91. The largest absolute Gasteiger partial charge is 0.493 e. The van der Waals surface area contributed by atoms with Gasteiger partial charge >= 0.3 is 0 Å². The van der Waals surface area contributed by atoms with Gasteiger partial charge in [0.05, 0.1) is 32.2 Å². The quantitative estimate of drug-likeness (QED) is 0.632. The predicted octanol–water partition coefficient (Wildman–Crippen LogP) is 3.74. The fraction of sp³-hybridized carbons (Fsp3) is 0.435. The summed E-state index contributed by atoms with van der Waals surface area (Å²) in [5, 5.41) is 2.98. The summed E-state index contributed by atoms with van der Waals surface area (Å²) >= 11 is 0. The number of methoxy groups -OCH3 is 2. The summed E-state index contributed by atoms with van der Waals surface area (Å²) in [6, 6.07) is 9.71. The minimum absolute atomic E-state index is 0.310. The van der Waals surface area contributed by atoms with Gasteiger partial charge in [-0.15, -0.1) is 0 Å². The number of rotatable bonds is 9. The van der Waals surface area contributed by atoms with Crippen molar-refractivity contribution in [2.45, 2.75) is 46.2 Å². The number of ether oxygens (including phenoxy) is 2. The van der Waals surface area contributed by atoms with Crippen LogP contribution in [0.1, 0.15) is 43.0 Å². The van der Waals surface area contributed by atoms with Crippen LogP contribution in [0.25, 0.3) is 0 Å². The monoisotopic (exact) mass is 448 g/mol. The molecule has 2 aromatic carbocycles. The van der Waals surface area contributed by atoms with Gasteiger partial charge in [-0.2, -0.15) is 0 Å². The average molecular weight is 449 g/mol. The molecule has 2 rings (SSSR count). The SMILES string of the molecule is CC[C@@H](NC(=O)[C@@H](C)N(c1cc(C)cc(C)c1)S(C)(=O)=O)c1ccc(OC)c(OC)c1. The van der Waals surface area contributed by atoms with Gasteiger partial charge in [0.1, 0.15) is 6.04 Å². The fourth-order valence-electron chi connectivity index (χ4n) is 3.67. The van der Waals surface area contributed by atoms with E-state index in [1.54, 1.807) is 39.3 Å². The summed E-state index contributed by atoms with van der Waals surface area (Å²) in [6.07, 6.45) is 1.73. The van der Waals surface area contributed by atoms with Gasteiger partial charge in [-0.25, -0.2) is 8.42 Å². The Labute approximate surface area is 185 Å². The molecule has 0 unspecified atom stereocenters. The highest BCUT2D eigenvalue weighted by atomic mass is 32.2. The van der Waals surface area contributed by atoms with Crippen molar-refractivity contribution in [3.05, 3.63) is 53.1 Å². The first-order valence-corrected chi connectivity index (χ1v) is 12.0. The number of hydrogen-bond acceptors (Lipinski definition) is 5. The lowest BCUT2D eigenvalue weighted by atomic mass is 10.0. The van der Waals surface area contributed by atoms with Crippen LogP contribution < -0.4 is 19.1 Å². The molecule has 0 bridgehead atoms. The number of nitrogens with zero attached hydrogens (tertiary/aromatic N) is 1. The summed E-state index contributed by atoms with van der Waals surface area (Å²) in [5.74, 6) is 0.777. The van der Waals surface area contributed by atoms with Crippen molar-refractivity contribution in [1.29, 1.82) is 0 Å². The molecule has 7 nitrogen and oxygen atoms in total. The summed E-state index contributed by atoms with van der Waals surface area (Å²) in [6.45, 7) is 7.33. The molecule has 0 aromatic heterocycles. The molecule has 0 spiro atoms. The fourth-order valence-corrected chi connectivity index (χ4v) is 4.83. The van der Waals surface area contributed by atoms with E-state index in [2.05, 4.69) is 5.32 Å². The molecule has 31 heavy (non-hydrogen) atoms. The Morgan fingerprint density at radius 2 is 1.61 bits per heavy atom. The van der Waals surface area contributed by atoms with Crippen molar-refractivity contribution in [2.75, 3.05) is 24.8 Å². The lowest BCUT2D eigenvalue weighted by molar-refractivity contribution is -0.122. The van der Waals surface area contributed by atoms with Crippen molar-refractivity contribution in [3.63, 3.8) is 0 Å². The highest BCUT2D eigenvalue weighted by Gasteiger charge is 2.30. The van der Waals surface area contributed by atoms with E-state index in [9.17, 15) is 13.2 Å². The van der Waals surface area contributed by atoms with Gasteiger partial charge < -0.3 is 14.8 Å². The number of anilines is 1. The van der Waals surface area contributed by atoms with Crippen LogP contribution in [-0.4, -0.2) is 40.8 Å². The smallest absolute Gasteiger partial charge is 0.244 e. The molecule has 0 aliphatic heterocycles. The number of sulfonamides is 1. The second-order valence-corrected chi connectivity index (χ2v) is 9.52. The van der Waals surface area contributed by atoms with Gasteiger partial charge in [0.15, 0.2) is 11.5 Å². The van der Waals surface area contributed by atoms with Crippen molar-refractivity contribution >= 4 is 21.6 Å². The van der Waals surface area contributed by atoms with E-state index < -0.39 is 16.1 Å². The molecular formula is C23H32N2O5S. The first-order valence-electron chi connectivity index (χ1n) is 10.1. The molecule has 2 aromatic rings. The first kappa shape index (κ1) is 24.5. The molecule has 8 heteroatoms. The van der Waals surface area contributed by atoms with E-state index in [0.29, 0.717) is 23.6 Å². The van der Waals surface area contributed by atoms with Crippen molar-refractivity contribution in [2.24, 2.45) is 0 Å². The number of nitrogens with one attached hydrogen (secondary N) is 1. The number of carbonyl (C=O) groups is 1. The topological polar surface area (TPSA) is 84.9 Å². The van der Waals surface area contributed by atoms with Crippen LogP contribution in [0.4, 0.5) is 5.69 Å². The van der Waals surface area contributed by atoms with Crippen LogP contribution in [0.5, 0.6) is 11.5 Å². The third-order valence-electron chi connectivity index (χ3n) is 5.08. The maximum absolute atomic E-state index is 13.1. The highest BCUT2D eigenvalue weighted by Crippen LogP contribution is 2.31. The number of hydrogen-bond donors (Lipinski definition) is 1. The zero-order valence-corrected chi connectivity index (χ0v) is 20.0. The maximum Gasteiger partial charge on any atom is 0.244 e. The minimum atomic E-state index is -3.69. The molecule has 0 fully saturated rings. The van der Waals surface area contributed by atoms with Crippen LogP contribution in [0, 0.1) is 13.8 Å². The van der Waals surface area contributed by atoms with Gasteiger partial charge in [-0.1, -0.05) is 19.1 Å². The Morgan fingerprint density at radius 1 is 1.03 bits per heavy atom. The van der Waals surface area contributed by atoms with E-state index >= 15 is 0 Å². The van der Waals surface area contributed by atoms with E-state index in [1.807, 2.05) is 39.0 Å². The summed E-state index contributed by atoms with van der Waals surface area (Å²) in [4.78, 5) is 13.1. The highest BCUT2D eigenvalue weighted by molar-refractivity contribution is 7.92. The molecule has 170 valence electrons. The molecule has 0 aliphatic carbocycles. The molecule has 0 saturated carbocycles. The standard InChI is InChI=1S/C23H32N2O5S/c1-8-20(18-9-10-21(29-5)22(14-18)30-6)24-23(26)17(4)25(31(7,27)28)19-12-15(2)11-16(3)13-19/h9-14,17,20H,8H2,1-7H3,(H,24,26)/t17-,20-/m1/s1. The molecule has 2 atom stereocenters. The Kier molecular flexibility index (Phi) is 7.95. The maximum atomic E-state index is 13.1. The zero-order valence-electron chi connectivity index (χ0n) is 19.2. The lowest BCUT2D eigenvalue weighted by Crippen LogP contribution is -2.48. The zero-order chi connectivity index (χ0) is 23.3. The van der Waals surface area contributed by atoms with Crippen LogP contribution in [-0.2, 0) is 14.8 Å². The van der Waals surface area contributed by atoms with Gasteiger partial charge in [-0.05, 0) is 68.1 Å². The first-order chi connectivity index (χ1) is 14.5. The number of amides is 1. The molecular weight excluding hydrogens is 416 g/mol. The van der Waals surface area contributed by atoms with E-state index in [0.717, 1.165) is 22.9 Å². The van der Waals surface area contributed by atoms with Crippen LogP contribution in [0.3, 0.4) is 0 Å². The molecule has 0 heterocycles. The Hall–Kier alpha value is -2.74. The Bertz CT molecular complexity index is 1020. The molecule has 0 radical (unpaired) electrons. The molecule has 0 saturated heterocycles. The molecule has 1 N–H and O–H groups in total. The third-order valence-corrected chi connectivity index (χ3v) is 6.33. The molecule has 0 aliphatic rings. The van der Waals surface area contributed by atoms with E-state index in [1.165, 1.54) is 4.31 Å². The van der Waals surface area contributed by atoms with Crippen molar-refractivity contribution in [1.82, 2.24) is 5.32 Å². The summed E-state index contributed by atoms with van der Waals surface area (Å²) < 4.78 is 37.0. The van der Waals surface area contributed by atoms with Gasteiger partial charge in [-0.3, -0.25) is 9.10 Å². The van der Waals surface area contributed by atoms with Crippen molar-refractivity contribution < 1.29 is 22.7 Å². The second-order valence-electron chi connectivity index (χ2n) is 7.66. The van der Waals surface area contributed by atoms with Crippen LogP contribution >= 0.6 is 0 Å². The average Bonchev–Trinajstić information content (AvgIpc) is 2.69. The normalized spacial score (nSPS) is 13.3. The Balaban J connectivity index is 2.34. The van der Waals surface area contributed by atoms with Gasteiger partial charge in [0.2, 0.25) is 15.9 Å². The number of aryl methyl sites for hydroxylation is 2. The van der Waals surface area contributed by atoms with E-state index in [4.69, 9.17) is 9.47 Å². The van der Waals surface area contributed by atoms with Crippen LogP contribution in [0.2, 0.25) is 0 Å². The number of carbonyl (C=O) groups excluding carboxylic acids is 1.